The molecule has 10 nitrogen and oxygen atoms in total. The van der Waals surface area contributed by atoms with Crippen molar-refractivity contribution in [1.29, 1.82) is 0 Å². The Hall–Kier alpha value is -2.98. The molecular formula is C28H46N4O6. The van der Waals surface area contributed by atoms with Gasteiger partial charge >= 0.3 is 0 Å². The summed E-state index contributed by atoms with van der Waals surface area (Å²) in [7, 11) is 0. The fourth-order valence-corrected chi connectivity index (χ4v) is 3.82. The summed E-state index contributed by atoms with van der Waals surface area (Å²) in [4.78, 5) is 49.8. The molecule has 1 aliphatic rings. The van der Waals surface area contributed by atoms with Gasteiger partial charge in [-0.25, -0.2) is 0 Å². The van der Waals surface area contributed by atoms with E-state index in [2.05, 4.69) is 35.1 Å². The predicted molar refractivity (Wildman–Crippen MR) is 147 cm³/mol. The molecule has 0 saturated carbocycles. The monoisotopic (exact) mass is 534 g/mol. The first kappa shape index (κ1) is 33.0. The van der Waals surface area contributed by atoms with Gasteiger partial charge in [0, 0.05) is 31.2 Å². The summed E-state index contributed by atoms with van der Waals surface area (Å²) in [6.45, 7) is 7.65. The number of aliphatic hydroxyl groups is 2. The molecule has 5 atom stereocenters. The normalized spacial score (nSPS) is 23.7. The molecule has 1 heterocycles. The molecule has 1 aliphatic heterocycles. The van der Waals surface area contributed by atoms with Crippen LogP contribution < -0.4 is 21.3 Å². The molecular weight excluding hydrogens is 488 g/mol. The van der Waals surface area contributed by atoms with Crippen LogP contribution in [0, 0.1) is 5.92 Å². The topological polar surface area (TPSA) is 157 Å². The molecule has 0 radical (unpaired) electrons. The molecule has 38 heavy (non-hydrogen) atoms. The first-order chi connectivity index (χ1) is 18.0. The summed E-state index contributed by atoms with van der Waals surface area (Å²) in [5, 5.41) is 30.8. The van der Waals surface area contributed by atoms with Gasteiger partial charge in [0.2, 0.25) is 23.6 Å². The van der Waals surface area contributed by atoms with Crippen LogP contribution in [-0.4, -0.2) is 70.7 Å². The Bertz CT molecular complexity index is 852. The zero-order valence-electron chi connectivity index (χ0n) is 23.1. The van der Waals surface area contributed by atoms with E-state index in [1.54, 1.807) is 19.1 Å². The van der Waals surface area contributed by atoms with Gasteiger partial charge in [-0.05, 0) is 39.0 Å². The summed E-state index contributed by atoms with van der Waals surface area (Å²) in [6, 6.07) is -2.92. The van der Waals surface area contributed by atoms with Crippen LogP contribution >= 0.6 is 0 Å². The van der Waals surface area contributed by atoms with Crippen LogP contribution in [0.2, 0.25) is 0 Å². The van der Waals surface area contributed by atoms with Crippen molar-refractivity contribution in [3.05, 3.63) is 36.5 Å². The second kappa shape index (κ2) is 18.3. The maximum atomic E-state index is 12.9. The van der Waals surface area contributed by atoms with Crippen molar-refractivity contribution in [3.63, 3.8) is 0 Å². The van der Waals surface area contributed by atoms with Crippen molar-refractivity contribution >= 4 is 23.6 Å². The molecule has 6 N–H and O–H groups in total. The number of carbonyl (C=O) groups is 4. The van der Waals surface area contributed by atoms with E-state index in [-0.39, 0.29) is 25.3 Å². The standard InChI is InChI=1S/C28H46N4O6/c1-19(2)12-10-8-6-5-7-9-11-13-25(36)32-26(21(4)33)28(38)31-23-18-22(34)16-17-29-24(35)15-14-20(3)30-27(23)37/h7,9,11,13-15,19-23,26,33-34H,5-6,8,10,12,16-18H2,1-4H3,(H,29,35)(H,30,37)(H,31,38)(H,32,36)/b9-7+,13-11+,15-14+/t20?,21-,22+,23+,26+/m1/s1. The Balaban J connectivity index is 2.70. The Kier molecular flexibility index (Phi) is 15.9. The lowest BCUT2D eigenvalue weighted by molar-refractivity contribution is -0.134. The highest BCUT2D eigenvalue weighted by Crippen LogP contribution is 2.10. The molecule has 0 aromatic heterocycles. The van der Waals surface area contributed by atoms with Gasteiger partial charge in [0.15, 0.2) is 0 Å². The lowest BCUT2D eigenvalue weighted by atomic mass is 10.0. The fourth-order valence-electron chi connectivity index (χ4n) is 3.82. The molecule has 0 fully saturated rings. The summed E-state index contributed by atoms with van der Waals surface area (Å²) in [5.74, 6) is -1.49. The second-order valence-electron chi connectivity index (χ2n) is 10.2. The zero-order valence-corrected chi connectivity index (χ0v) is 23.1. The van der Waals surface area contributed by atoms with Crippen LogP contribution in [0.25, 0.3) is 0 Å². The Morgan fingerprint density at radius 3 is 2.58 bits per heavy atom. The molecule has 0 aliphatic carbocycles. The highest BCUT2D eigenvalue weighted by atomic mass is 16.3. The first-order valence-electron chi connectivity index (χ1n) is 13.6. The van der Waals surface area contributed by atoms with E-state index in [4.69, 9.17) is 0 Å². The molecule has 4 amide bonds. The van der Waals surface area contributed by atoms with E-state index in [1.807, 2.05) is 6.08 Å². The highest BCUT2D eigenvalue weighted by Gasteiger charge is 2.31. The molecule has 214 valence electrons. The molecule has 0 spiro atoms. The second-order valence-corrected chi connectivity index (χ2v) is 10.2. The van der Waals surface area contributed by atoms with Crippen molar-refractivity contribution in [3.8, 4) is 0 Å². The smallest absolute Gasteiger partial charge is 0.245 e. The number of hydrogen-bond donors (Lipinski definition) is 6. The minimum atomic E-state index is -1.31. The number of rotatable bonds is 12. The van der Waals surface area contributed by atoms with Crippen LogP contribution in [0.1, 0.15) is 72.6 Å². The van der Waals surface area contributed by atoms with Gasteiger partial charge in [-0.1, -0.05) is 57.4 Å². The molecule has 0 bridgehead atoms. The average Bonchev–Trinajstić information content (AvgIpc) is 2.83. The van der Waals surface area contributed by atoms with E-state index in [0.29, 0.717) is 0 Å². The number of nitrogens with one attached hydrogen (secondary N) is 4. The maximum Gasteiger partial charge on any atom is 0.245 e. The highest BCUT2D eigenvalue weighted by molar-refractivity contribution is 5.95. The Morgan fingerprint density at radius 2 is 1.89 bits per heavy atom. The third-order valence-electron chi connectivity index (χ3n) is 6.03. The fraction of sp³-hybridized carbons (Fsp3) is 0.643. The lowest BCUT2D eigenvalue weighted by Crippen LogP contribution is -2.58. The minimum Gasteiger partial charge on any atom is -0.393 e. The molecule has 1 unspecified atom stereocenters. The van der Waals surface area contributed by atoms with Gasteiger partial charge in [0.05, 0.1) is 12.2 Å². The van der Waals surface area contributed by atoms with Gasteiger partial charge < -0.3 is 31.5 Å². The number of carbonyl (C=O) groups excluding carboxylic acids is 4. The van der Waals surface area contributed by atoms with Crippen molar-refractivity contribution < 1.29 is 29.4 Å². The van der Waals surface area contributed by atoms with E-state index < -0.39 is 48.1 Å². The van der Waals surface area contributed by atoms with Crippen molar-refractivity contribution in [2.24, 2.45) is 5.92 Å². The lowest BCUT2D eigenvalue weighted by Gasteiger charge is -2.26. The summed E-state index contributed by atoms with van der Waals surface area (Å²) in [5.41, 5.74) is 0. The van der Waals surface area contributed by atoms with Gasteiger partial charge in [0.1, 0.15) is 12.1 Å². The molecule has 1 rings (SSSR count). The van der Waals surface area contributed by atoms with Crippen LogP contribution in [0.3, 0.4) is 0 Å². The third kappa shape index (κ3) is 14.7. The third-order valence-corrected chi connectivity index (χ3v) is 6.03. The minimum absolute atomic E-state index is 0.105. The van der Waals surface area contributed by atoms with E-state index in [0.717, 1.165) is 18.8 Å². The summed E-state index contributed by atoms with van der Waals surface area (Å²) < 4.78 is 0. The number of unbranched alkanes of at least 4 members (excludes halogenated alkanes) is 3. The van der Waals surface area contributed by atoms with E-state index in [9.17, 15) is 29.4 Å². The predicted octanol–water partition coefficient (Wildman–Crippen LogP) is 1.39. The van der Waals surface area contributed by atoms with Gasteiger partial charge in [-0.2, -0.15) is 0 Å². The summed E-state index contributed by atoms with van der Waals surface area (Å²) >= 11 is 0. The summed E-state index contributed by atoms with van der Waals surface area (Å²) in [6.07, 6.45) is 12.9. The SMILES string of the molecule is CC(C)CCCCC/C=C/C=C/C(=O)N[C@H](C(=O)N[C@H]1C[C@@H](O)CCNC(=O)/C=C/C(C)NC1=O)[C@@H](C)O. The van der Waals surface area contributed by atoms with Crippen LogP contribution in [0.5, 0.6) is 0 Å². The number of allylic oxidation sites excluding steroid dienone is 3. The van der Waals surface area contributed by atoms with Crippen LogP contribution in [0.4, 0.5) is 0 Å². The number of aliphatic hydroxyl groups excluding tert-OH is 2. The van der Waals surface area contributed by atoms with Crippen molar-refractivity contribution in [1.82, 2.24) is 21.3 Å². The van der Waals surface area contributed by atoms with Crippen LogP contribution in [-0.2, 0) is 19.2 Å². The van der Waals surface area contributed by atoms with Crippen LogP contribution in [0.15, 0.2) is 36.5 Å². The quantitative estimate of drug-likeness (QED) is 0.126. The molecule has 0 aromatic rings. The molecule has 10 heteroatoms. The largest absolute Gasteiger partial charge is 0.393 e. The van der Waals surface area contributed by atoms with E-state index in [1.165, 1.54) is 44.4 Å². The first-order valence-corrected chi connectivity index (χ1v) is 13.6. The molecule has 0 saturated heterocycles. The Morgan fingerprint density at radius 1 is 1.16 bits per heavy atom. The maximum absolute atomic E-state index is 12.9. The molecule has 0 aromatic carbocycles. The number of hydrogen-bond acceptors (Lipinski definition) is 6. The van der Waals surface area contributed by atoms with E-state index >= 15 is 0 Å². The van der Waals surface area contributed by atoms with Gasteiger partial charge in [0.25, 0.3) is 0 Å². The van der Waals surface area contributed by atoms with Crippen molar-refractivity contribution in [2.45, 2.75) is 103 Å². The van der Waals surface area contributed by atoms with Crippen molar-refractivity contribution in [2.75, 3.05) is 6.54 Å². The Labute approximate surface area is 226 Å². The van der Waals surface area contributed by atoms with Gasteiger partial charge in [-0.3, -0.25) is 19.2 Å². The number of amides is 4. The van der Waals surface area contributed by atoms with Gasteiger partial charge in [-0.15, -0.1) is 0 Å². The zero-order chi connectivity index (χ0) is 28.5. The average molecular weight is 535 g/mol.